The molecule has 0 spiro atoms. The Hall–Kier alpha value is -2.00. The van der Waals surface area contributed by atoms with Crippen LogP contribution in [0.3, 0.4) is 0 Å². The first-order valence-corrected chi connectivity index (χ1v) is 6.25. The van der Waals surface area contributed by atoms with E-state index in [1.54, 1.807) is 6.92 Å². The molecule has 9 heteroatoms. The van der Waals surface area contributed by atoms with Crippen molar-refractivity contribution in [2.24, 2.45) is 5.73 Å². The average Bonchev–Trinajstić information content (AvgIpc) is 2.84. The highest BCUT2D eigenvalue weighted by Gasteiger charge is 2.20. The Morgan fingerprint density at radius 2 is 2.00 bits per heavy atom. The highest BCUT2D eigenvalue weighted by atomic mass is 32.1. The third-order valence-electron chi connectivity index (χ3n) is 2.33. The van der Waals surface area contributed by atoms with Crippen LogP contribution in [0.25, 0.3) is 0 Å². The maximum Gasteiger partial charge on any atom is 0.260 e. The first-order chi connectivity index (χ1) is 9.40. The lowest BCUT2D eigenvalue weighted by atomic mass is 10.2. The third-order valence-corrected chi connectivity index (χ3v) is 3.37. The quantitative estimate of drug-likeness (QED) is 0.852. The van der Waals surface area contributed by atoms with Crippen LogP contribution in [0.15, 0.2) is 12.1 Å². The molecule has 0 aliphatic rings. The summed E-state index contributed by atoms with van der Waals surface area (Å²) < 4.78 is 39.2. The SMILES string of the molecule is CC(N)c1nnc(NC(=O)c2ccc(F)c(F)c2F)s1. The monoisotopic (exact) mass is 302 g/mol. The molecule has 0 saturated carbocycles. The molecule has 106 valence electrons. The summed E-state index contributed by atoms with van der Waals surface area (Å²) in [5, 5.41) is 10.2. The molecule has 3 N–H and O–H groups in total. The summed E-state index contributed by atoms with van der Waals surface area (Å²) in [7, 11) is 0. The van der Waals surface area contributed by atoms with Gasteiger partial charge in [0.1, 0.15) is 5.01 Å². The van der Waals surface area contributed by atoms with Crippen molar-refractivity contribution in [2.45, 2.75) is 13.0 Å². The topological polar surface area (TPSA) is 80.9 Å². The number of hydrogen-bond acceptors (Lipinski definition) is 5. The van der Waals surface area contributed by atoms with Gasteiger partial charge in [0.25, 0.3) is 5.91 Å². The molecular weight excluding hydrogens is 293 g/mol. The fourth-order valence-corrected chi connectivity index (χ4v) is 2.03. The van der Waals surface area contributed by atoms with Gasteiger partial charge in [0.2, 0.25) is 5.13 Å². The minimum Gasteiger partial charge on any atom is -0.322 e. The second kappa shape index (κ2) is 5.55. The summed E-state index contributed by atoms with van der Waals surface area (Å²) >= 11 is 1.01. The second-order valence-electron chi connectivity index (χ2n) is 3.91. The molecule has 0 radical (unpaired) electrons. The van der Waals surface area contributed by atoms with Gasteiger partial charge in [-0.3, -0.25) is 10.1 Å². The summed E-state index contributed by atoms with van der Waals surface area (Å²) in [5.41, 5.74) is 4.95. The van der Waals surface area contributed by atoms with Crippen molar-refractivity contribution in [2.75, 3.05) is 5.32 Å². The molecule has 0 aliphatic heterocycles. The summed E-state index contributed by atoms with van der Waals surface area (Å²) in [6.45, 7) is 1.68. The molecule has 0 aliphatic carbocycles. The zero-order valence-electron chi connectivity index (χ0n) is 10.2. The van der Waals surface area contributed by atoms with Gasteiger partial charge >= 0.3 is 0 Å². The van der Waals surface area contributed by atoms with Gasteiger partial charge in [-0.2, -0.15) is 0 Å². The number of nitrogens with one attached hydrogen (secondary N) is 1. The number of carbonyl (C=O) groups excluding carboxylic acids is 1. The molecule has 5 nitrogen and oxygen atoms in total. The van der Waals surface area contributed by atoms with Crippen molar-refractivity contribution in [3.8, 4) is 0 Å². The largest absolute Gasteiger partial charge is 0.322 e. The van der Waals surface area contributed by atoms with E-state index in [4.69, 9.17) is 5.73 Å². The maximum absolute atomic E-state index is 13.4. The van der Waals surface area contributed by atoms with E-state index in [2.05, 4.69) is 15.5 Å². The molecule has 2 aromatic rings. The minimum atomic E-state index is -1.70. The highest BCUT2D eigenvalue weighted by molar-refractivity contribution is 7.15. The Morgan fingerprint density at radius 3 is 2.60 bits per heavy atom. The molecule has 1 atom stereocenters. The number of nitrogens with two attached hydrogens (primary N) is 1. The zero-order valence-corrected chi connectivity index (χ0v) is 11.0. The molecule has 1 unspecified atom stereocenters. The van der Waals surface area contributed by atoms with Crippen molar-refractivity contribution >= 4 is 22.4 Å². The van der Waals surface area contributed by atoms with Crippen molar-refractivity contribution in [3.05, 3.63) is 40.2 Å². The summed E-state index contributed by atoms with van der Waals surface area (Å²) in [6.07, 6.45) is 0. The number of hydrogen-bond donors (Lipinski definition) is 2. The van der Waals surface area contributed by atoms with Crippen LogP contribution in [-0.2, 0) is 0 Å². The van der Waals surface area contributed by atoms with Crippen molar-refractivity contribution in [1.29, 1.82) is 0 Å². The fourth-order valence-electron chi connectivity index (χ4n) is 1.33. The van der Waals surface area contributed by atoms with Crippen LogP contribution >= 0.6 is 11.3 Å². The Kier molecular flexibility index (Phi) is 4.00. The standard InChI is InChI=1S/C11H9F3N4OS/c1-4(15)10-17-18-11(20-10)16-9(19)5-2-3-6(12)8(14)7(5)13/h2-4H,15H2,1H3,(H,16,18,19). The number of amides is 1. The van der Waals surface area contributed by atoms with Crippen molar-refractivity contribution in [3.63, 3.8) is 0 Å². The summed E-state index contributed by atoms with van der Waals surface area (Å²) in [4.78, 5) is 11.7. The van der Waals surface area contributed by atoms with Gasteiger partial charge in [0, 0.05) is 0 Å². The average molecular weight is 302 g/mol. The number of rotatable bonds is 3. The molecule has 0 bridgehead atoms. The molecule has 2 rings (SSSR count). The first kappa shape index (κ1) is 14.4. The van der Waals surface area contributed by atoms with Crippen LogP contribution in [0.4, 0.5) is 18.3 Å². The lowest BCUT2D eigenvalue weighted by molar-refractivity contribution is 0.102. The van der Waals surface area contributed by atoms with E-state index in [-0.39, 0.29) is 11.2 Å². The summed E-state index contributed by atoms with van der Waals surface area (Å²) in [6, 6.07) is 1.15. The van der Waals surface area contributed by atoms with E-state index in [1.165, 1.54) is 0 Å². The molecule has 0 fully saturated rings. The Labute approximate surface area is 115 Å². The smallest absolute Gasteiger partial charge is 0.260 e. The predicted octanol–water partition coefficient (Wildman–Crippen LogP) is 2.23. The lowest BCUT2D eigenvalue weighted by Gasteiger charge is -2.04. The van der Waals surface area contributed by atoms with E-state index < -0.39 is 28.9 Å². The predicted molar refractivity (Wildman–Crippen MR) is 66.8 cm³/mol. The van der Waals surface area contributed by atoms with Gasteiger partial charge in [0.15, 0.2) is 17.5 Å². The van der Waals surface area contributed by atoms with Crippen LogP contribution in [0.5, 0.6) is 0 Å². The van der Waals surface area contributed by atoms with E-state index >= 15 is 0 Å². The van der Waals surface area contributed by atoms with Gasteiger partial charge in [-0.05, 0) is 19.1 Å². The van der Waals surface area contributed by atoms with Crippen LogP contribution in [0.2, 0.25) is 0 Å². The van der Waals surface area contributed by atoms with Gasteiger partial charge in [0.05, 0.1) is 11.6 Å². The first-order valence-electron chi connectivity index (χ1n) is 5.44. The Balaban J connectivity index is 2.22. The van der Waals surface area contributed by atoms with Crippen LogP contribution in [0, 0.1) is 17.5 Å². The second-order valence-corrected chi connectivity index (χ2v) is 4.92. The van der Waals surface area contributed by atoms with E-state index in [9.17, 15) is 18.0 Å². The third kappa shape index (κ3) is 2.78. The molecular formula is C11H9F3N4OS. The Bertz CT molecular complexity index is 659. The number of aromatic nitrogens is 2. The van der Waals surface area contributed by atoms with Crippen molar-refractivity contribution < 1.29 is 18.0 Å². The zero-order chi connectivity index (χ0) is 14.9. The number of carbonyl (C=O) groups is 1. The number of anilines is 1. The van der Waals surface area contributed by atoms with E-state index in [0.717, 1.165) is 17.4 Å². The molecule has 1 amide bonds. The molecule has 0 saturated heterocycles. The molecule has 1 heterocycles. The van der Waals surface area contributed by atoms with E-state index in [0.29, 0.717) is 11.1 Å². The lowest BCUT2D eigenvalue weighted by Crippen LogP contribution is -2.15. The molecule has 20 heavy (non-hydrogen) atoms. The number of benzene rings is 1. The van der Waals surface area contributed by atoms with E-state index in [1.807, 2.05) is 0 Å². The fraction of sp³-hybridized carbons (Fsp3) is 0.182. The van der Waals surface area contributed by atoms with Crippen LogP contribution in [-0.4, -0.2) is 16.1 Å². The van der Waals surface area contributed by atoms with Crippen LogP contribution in [0.1, 0.15) is 28.3 Å². The van der Waals surface area contributed by atoms with Gasteiger partial charge in [-0.25, -0.2) is 13.2 Å². The van der Waals surface area contributed by atoms with Gasteiger partial charge in [-0.1, -0.05) is 11.3 Å². The normalized spacial score (nSPS) is 12.2. The molecule has 1 aromatic carbocycles. The summed E-state index contributed by atoms with van der Waals surface area (Å²) in [5.74, 6) is -5.58. The number of halogens is 3. The van der Waals surface area contributed by atoms with Gasteiger partial charge in [-0.15, -0.1) is 10.2 Å². The highest BCUT2D eigenvalue weighted by Crippen LogP contribution is 2.21. The number of nitrogens with zero attached hydrogens (tertiary/aromatic N) is 2. The molecule has 1 aromatic heterocycles. The Morgan fingerprint density at radius 1 is 1.30 bits per heavy atom. The van der Waals surface area contributed by atoms with Crippen LogP contribution < -0.4 is 11.1 Å². The minimum absolute atomic E-state index is 0.0893. The maximum atomic E-state index is 13.4. The van der Waals surface area contributed by atoms with Crippen molar-refractivity contribution in [1.82, 2.24) is 10.2 Å². The van der Waals surface area contributed by atoms with Gasteiger partial charge < -0.3 is 5.73 Å².